The average Bonchev–Trinajstić information content (AvgIpc) is 2.72. The summed E-state index contributed by atoms with van der Waals surface area (Å²) in [5.74, 6) is 0. The SMILES string of the molecule is CCCn1cc(C(NCC)C(C)S(C)(=O)=O)cn1. The van der Waals surface area contributed by atoms with Crippen molar-refractivity contribution in [3.63, 3.8) is 0 Å². The number of aromatic nitrogens is 2. The van der Waals surface area contributed by atoms with Gasteiger partial charge in [-0.05, 0) is 19.9 Å². The normalized spacial score (nSPS) is 15.6. The highest BCUT2D eigenvalue weighted by atomic mass is 32.2. The molecule has 0 saturated heterocycles. The Hall–Kier alpha value is -0.880. The van der Waals surface area contributed by atoms with E-state index in [9.17, 15) is 8.42 Å². The largest absolute Gasteiger partial charge is 0.309 e. The second-order valence-corrected chi connectivity index (χ2v) is 7.01. The monoisotopic (exact) mass is 273 g/mol. The average molecular weight is 273 g/mol. The second kappa shape index (κ2) is 6.33. The molecular formula is C12H23N3O2S. The first-order chi connectivity index (χ1) is 8.40. The Morgan fingerprint density at radius 1 is 1.44 bits per heavy atom. The molecule has 1 heterocycles. The van der Waals surface area contributed by atoms with Crippen LogP contribution in [0.4, 0.5) is 0 Å². The maximum absolute atomic E-state index is 11.7. The Labute approximate surface area is 109 Å². The smallest absolute Gasteiger partial charge is 0.151 e. The molecule has 1 aromatic heterocycles. The molecule has 1 N–H and O–H groups in total. The summed E-state index contributed by atoms with van der Waals surface area (Å²) in [6.45, 7) is 7.37. The predicted molar refractivity (Wildman–Crippen MR) is 73.2 cm³/mol. The van der Waals surface area contributed by atoms with Gasteiger partial charge in [-0.2, -0.15) is 5.10 Å². The number of sulfone groups is 1. The Morgan fingerprint density at radius 2 is 2.11 bits per heavy atom. The van der Waals surface area contributed by atoms with Gasteiger partial charge in [-0.1, -0.05) is 13.8 Å². The van der Waals surface area contributed by atoms with Crippen LogP contribution in [0.3, 0.4) is 0 Å². The fraction of sp³-hybridized carbons (Fsp3) is 0.750. The van der Waals surface area contributed by atoms with Crippen LogP contribution >= 0.6 is 0 Å². The Morgan fingerprint density at radius 3 is 2.61 bits per heavy atom. The zero-order valence-corrected chi connectivity index (χ0v) is 12.4. The summed E-state index contributed by atoms with van der Waals surface area (Å²) in [4.78, 5) is 0. The van der Waals surface area contributed by atoms with Gasteiger partial charge in [-0.15, -0.1) is 0 Å². The third-order valence-corrected chi connectivity index (χ3v) is 4.66. The minimum absolute atomic E-state index is 0.199. The molecule has 18 heavy (non-hydrogen) atoms. The molecule has 0 saturated carbocycles. The summed E-state index contributed by atoms with van der Waals surface area (Å²) in [6, 6.07) is -0.199. The Kier molecular flexibility index (Phi) is 5.34. The molecule has 0 spiro atoms. The fourth-order valence-electron chi connectivity index (χ4n) is 1.91. The summed E-state index contributed by atoms with van der Waals surface area (Å²) in [5, 5.41) is 7.02. The summed E-state index contributed by atoms with van der Waals surface area (Å²) < 4.78 is 25.2. The number of aryl methyl sites for hydroxylation is 1. The van der Waals surface area contributed by atoms with Crippen LogP contribution in [0, 0.1) is 0 Å². The third kappa shape index (κ3) is 3.81. The van der Waals surface area contributed by atoms with Gasteiger partial charge in [0.2, 0.25) is 0 Å². The van der Waals surface area contributed by atoms with E-state index in [-0.39, 0.29) is 6.04 Å². The highest BCUT2D eigenvalue weighted by Gasteiger charge is 2.27. The number of nitrogens with zero attached hydrogens (tertiary/aromatic N) is 2. The standard InChI is InChI=1S/C12H23N3O2S/c1-5-7-15-9-11(8-14-15)12(13-6-2)10(3)18(4,16)17/h8-10,12-13H,5-7H2,1-4H3. The molecule has 0 fully saturated rings. The maximum Gasteiger partial charge on any atom is 0.151 e. The Balaban J connectivity index is 2.96. The first-order valence-electron chi connectivity index (χ1n) is 6.34. The van der Waals surface area contributed by atoms with E-state index in [0.717, 1.165) is 25.1 Å². The van der Waals surface area contributed by atoms with Crippen LogP contribution in [0.2, 0.25) is 0 Å². The molecule has 0 aromatic carbocycles. The molecule has 0 aliphatic carbocycles. The molecule has 2 unspecified atom stereocenters. The lowest BCUT2D eigenvalue weighted by Crippen LogP contribution is -2.34. The van der Waals surface area contributed by atoms with Gasteiger partial charge in [0, 0.05) is 24.6 Å². The van der Waals surface area contributed by atoms with Gasteiger partial charge in [0.1, 0.15) is 0 Å². The molecule has 0 radical (unpaired) electrons. The summed E-state index contributed by atoms with van der Waals surface area (Å²) >= 11 is 0. The van der Waals surface area contributed by atoms with Crippen molar-refractivity contribution in [3.05, 3.63) is 18.0 Å². The molecule has 2 atom stereocenters. The van der Waals surface area contributed by atoms with E-state index in [2.05, 4.69) is 17.3 Å². The summed E-state index contributed by atoms with van der Waals surface area (Å²) in [7, 11) is -3.07. The van der Waals surface area contributed by atoms with Crippen molar-refractivity contribution in [2.24, 2.45) is 0 Å². The van der Waals surface area contributed by atoms with Crippen LogP contribution in [0.1, 0.15) is 38.8 Å². The molecule has 0 amide bonds. The molecule has 0 bridgehead atoms. The minimum atomic E-state index is -3.07. The number of hydrogen-bond acceptors (Lipinski definition) is 4. The van der Waals surface area contributed by atoms with Gasteiger partial charge in [-0.25, -0.2) is 8.42 Å². The van der Waals surface area contributed by atoms with E-state index < -0.39 is 15.1 Å². The molecule has 1 rings (SSSR count). The lowest BCUT2D eigenvalue weighted by molar-refractivity contribution is 0.512. The van der Waals surface area contributed by atoms with Crippen molar-refractivity contribution in [2.75, 3.05) is 12.8 Å². The van der Waals surface area contributed by atoms with Crippen molar-refractivity contribution in [1.82, 2.24) is 15.1 Å². The lowest BCUT2D eigenvalue weighted by Gasteiger charge is -2.22. The quantitative estimate of drug-likeness (QED) is 0.815. The zero-order valence-electron chi connectivity index (χ0n) is 11.5. The van der Waals surface area contributed by atoms with E-state index in [1.807, 2.05) is 17.8 Å². The maximum atomic E-state index is 11.7. The zero-order chi connectivity index (χ0) is 13.8. The van der Waals surface area contributed by atoms with Crippen LogP contribution in [-0.2, 0) is 16.4 Å². The molecule has 104 valence electrons. The van der Waals surface area contributed by atoms with Gasteiger partial charge < -0.3 is 5.32 Å². The highest BCUT2D eigenvalue weighted by molar-refractivity contribution is 7.91. The van der Waals surface area contributed by atoms with Crippen LogP contribution in [0.5, 0.6) is 0 Å². The van der Waals surface area contributed by atoms with E-state index in [4.69, 9.17) is 0 Å². The minimum Gasteiger partial charge on any atom is -0.309 e. The summed E-state index contributed by atoms with van der Waals surface area (Å²) in [6.07, 6.45) is 5.97. The van der Waals surface area contributed by atoms with Crippen LogP contribution < -0.4 is 5.32 Å². The van der Waals surface area contributed by atoms with Crippen LogP contribution in [-0.4, -0.2) is 36.2 Å². The van der Waals surface area contributed by atoms with E-state index >= 15 is 0 Å². The van der Waals surface area contributed by atoms with Gasteiger partial charge in [0.15, 0.2) is 9.84 Å². The molecule has 0 aliphatic heterocycles. The predicted octanol–water partition coefficient (Wildman–Crippen LogP) is 1.38. The number of rotatable bonds is 7. The van der Waals surface area contributed by atoms with Crippen molar-refractivity contribution < 1.29 is 8.42 Å². The van der Waals surface area contributed by atoms with Gasteiger partial charge in [0.05, 0.1) is 17.5 Å². The lowest BCUT2D eigenvalue weighted by atomic mass is 10.1. The van der Waals surface area contributed by atoms with Crippen LogP contribution in [0.25, 0.3) is 0 Å². The fourth-order valence-corrected chi connectivity index (χ4v) is 2.66. The second-order valence-electron chi connectivity index (χ2n) is 4.61. The number of nitrogens with one attached hydrogen (secondary N) is 1. The van der Waals surface area contributed by atoms with E-state index in [1.54, 1.807) is 13.1 Å². The Bertz CT molecular complexity index is 467. The van der Waals surface area contributed by atoms with Gasteiger partial charge in [0.25, 0.3) is 0 Å². The molecule has 5 nitrogen and oxygen atoms in total. The first-order valence-corrected chi connectivity index (χ1v) is 8.30. The van der Waals surface area contributed by atoms with Crippen LogP contribution in [0.15, 0.2) is 12.4 Å². The van der Waals surface area contributed by atoms with Gasteiger partial charge in [-0.3, -0.25) is 4.68 Å². The molecule has 6 heteroatoms. The van der Waals surface area contributed by atoms with Crippen molar-refractivity contribution in [3.8, 4) is 0 Å². The highest BCUT2D eigenvalue weighted by Crippen LogP contribution is 2.21. The van der Waals surface area contributed by atoms with E-state index in [0.29, 0.717) is 0 Å². The molecule has 0 aliphatic rings. The number of hydrogen-bond donors (Lipinski definition) is 1. The molecule has 1 aromatic rings. The van der Waals surface area contributed by atoms with Gasteiger partial charge >= 0.3 is 0 Å². The topological polar surface area (TPSA) is 64.0 Å². The molecular weight excluding hydrogens is 250 g/mol. The van der Waals surface area contributed by atoms with E-state index in [1.165, 1.54) is 6.26 Å². The van der Waals surface area contributed by atoms with Crippen molar-refractivity contribution in [1.29, 1.82) is 0 Å². The van der Waals surface area contributed by atoms with Crippen molar-refractivity contribution >= 4 is 9.84 Å². The van der Waals surface area contributed by atoms with Crippen molar-refractivity contribution in [2.45, 2.75) is 45.0 Å². The third-order valence-electron chi connectivity index (χ3n) is 3.03. The summed E-state index contributed by atoms with van der Waals surface area (Å²) in [5.41, 5.74) is 0.934. The first kappa shape index (κ1) is 15.2.